The van der Waals surface area contributed by atoms with Gasteiger partial charge in [0, 0.05) is 30.7 Å². The van der Waals surface area contributed by atoms with Crippen molar-refractivity contribution in [3.05, 3.63) is 29.8 Å². The summed E-state index contributed by atoms with van der Waals surface area (Å²) in [5, 5.41) is 6.22. The third kappa shape index (κ3) is 7.03. The molecule has 2 fully saturated rings. The first-order chi connectivity index (χ1) is 14.0. The highest BCUT2D eigenvalue weighted by Gasteiger charge is 2.25. The second-order valence-corrected chi connectivity index (χ2v) is 7.62. The third-order valence-corrected chi connectivity index (χ3v) is 5.48. The van der Waals surface area contributed by atoms with Gasteiger partial charge < -0.3 is 26.0 Å². The fraction of sp³-hybridized carbons (Fsp3) is 0.571. The van der Waals surface area contributed by atoms with E-state index in [0.29, 0.717) is 32.2 Å². The van der Waals surface area contributed by atoms with E-state index < -0.39 is 0 Å². The molecule has 1 aliphatic carbocycles. The Morgan fingerprint density at radius 3 is 2.60 bits per heavy atom. The highest BCUT2D eigenvalue weighted by Crippen LogP contribution is 2.27. The number of nitrogens with zero attached hydrogens (tertiary/aromatic N) is 2. The second kappa shape index (κ2) is 12.0. The van der Waals surface area contributed by atoms with E-state index in [2.05, 4.69) is 15.6 Å². The SMILES string of the molecule is CCOC(=O)N1CCC(NC(N)=NCc2cccc(NC(=O)C3CCC3)c2)CC1.I. The molecule has 1 saturated carbocycles. The molecule has 2 aliphatic rings. The van der Waals surface area contributed by atoms with Gasteiger partial charge in [-0.15, -0.1) is 24.0 Å². The maximum Gasteiger partial charge on any atom is 0.409 e. The molecule has 1 aromatic carbocycles. The number of ether oxygens (including phenoxy) is 1. The van der Waals surface area contributed by atoms with Crippen molar-refractivity contribution in [2.45, 2.75) is 51.6 Å². The van der Waals surface area contributed by atoms with Crippen molar-refractivity contribution < 1.29 is 14.3 Å². The average Bonchev–Trinajstić information content (AvgIpc) is 2.66. The lowest BCUT2D eigenvalue weighted by molar-refractivity contribution is -0.122. The number of anilines is 1. The standard InChI is InChI=1S/C21H31N5O3.HI/c1-2-29-21(28)26-11-9-17(10-12-26)25-20(22)23-14-15-5-3-8-18(13-15)24-19(27)16-6-4-7-16;/h3,5,8,13,16-17H,2,4,6-7,9-12,14H2,1H3,(H,24,27)(H3,22,23,25);1H. The Hall–Kier alpha value is -2.04. The molecule has 0 aromatic heterocycles. The van der Waals surface area contributed by atoms with Crippen molar-refractivity contribution in [3.63, 3.8) is 0 Å². The number of amides is 2. The topological polar surface area (TPSA) is 109 Å². The molecule has 0 atom stereocenters. The summed E-state index contributed by atoms with van der Waals surface area (Å²) < 4.78 is 5.03. The van der Waals surface area contributed by atoms with Crippen LogP contribution in [0.4, 0.5) is 10.5 Å². The molecule has 4 N–H and O–H groups in total. The molecule has 0 unspecified atom stereocenters. The van der Waals surface area contributed by atoms with Gasteiger partial charge in [0.1, 0.15) is 0 Å². The summed E-state index contributed by atoms with van der Waals surface area (Å²) in [6.07, 6.45) is 4.46. The minimum absolute atomic E-state index is 0. The molecule has 1 heterocycles. The van der Waals surface area contributed by atoms with Crippen molar-refractivity contribution in [2.24, 2.45) is 16.6 Å². The summed E-state index contributed by atoms with van der Waals surface area (Å²) in [4.78, 5) is 30.0. The van der Waals surface area contributed by atoms with E-state index in [1.807, 2.05) is 24.3 Å². The van der Waals surface area contributed by atoms with E-state index in [0.717, 1.165) is 43.4 Å². The number of nitrogens with one attached hydrogen (secondary N) is 2. The van der Waals surface area contributed by atoms with Crippen molar-refractivity contribution in [1.29, 1.82) is 0 Å². The third-order valence-electron chi connectivity index (χ3n) is 5.48. The van der Waals surface area contributed by atoms with Gasteiger partial charge in [-0.05, 0) is 50.3 Å². The van der Waals surface area contributed by atoms with Gasteiger partial charge >= 0.3 is 6.09 Å². The van der Waals surface area contributed by atoms with Crippen LogP contribution in [0.25, 0.3) is 0 Å². The maximum absolute atomic E-state index is 12.1. The number of guanidine groups is 1. The Bertz CT molecular complexity index is 746. The number of halogens is 1. The molecule has 166 valence electrons. The van der Waals surface area contributed by atoms with Crippen LogP contribution < -0.4 is 16.4 Å². The summed E-state index contributed by atoms with van der Waals surface area (Å²) in [7, 11) is 0. The fourth-order valence-electron chi connectivity index (χ4n) is 3.51. The Kier molecular flexibility index (Phi) is 9.67. The predicted molar refractivity (Wildman–Crippen MR) is 128 cm³/mol. The van der Waals surface area contributed by atoms with Gasteiger partial charge in [0.05, 0.1) is 13.2 Å². The maximum atomic E-state index is 12.1. The number of hydrogen-bond acceptors (Lipinski definition) is 4. The number of carbonyl (C=O) groups is 2. The van der Waals surface area contributed by atoms with E-state index in [9.17, 15) is 9.59 Å². The van der Waals surface area contributed by atoms with Gasteiger partial charge in [-0.2, -0.15) is 0 Å². The molecule has 30 heavy (non-hydrogen) atoms. The molecule has 3 rings (SSSR count). The number of carbonyl (C=O) groups excluding carboxylic acids is 2. The van der Waals surface area contributed by atoms with Crippen LogP contribution in [-0.2, 0) is 16.1 Å². The molecule has 0 radical (unpaired) electrons. The Morgan fingerprint density at radius 1 is 1.23 bits per heavy atom. The molecule has 1 aliphatic heterocycles. The van der Waals surface area contributed by atoms with Gasteiger partial charge in [-0.3, -0.25) is 4.79 Å². The van der Waals surface area contributed by atoms with Crippen LogP contribution in [0.2, 0.25) is 0 Å². The highest BCUT2D eigenvalue weighted by molar-refractivity contribution is 14.0. The summed E-state index contributed by atoms with van der Waals surface area (Å²) in [6, 6.07) is 7.90. The van der Waals surface area contributed by atoms with Gasteiger partial charge in [0.2, 0.25) is 5.91 Å². The van der Waals surface area contributed by atoms with Crippen LogP contribution in [-0.4, -0.2) is 48.6 Å². The van der Waals surface area contributed by atoms with Gasteiger partial charge in [0.25, 0.3) is 0 Å². The van der Waals surface area contributed by atoms with Crippen LogP contribution in [0.1, 0.15) is 44.6 Å². The summed E-state index contributed by atoms with van der Waals surface area (Å²) in [5.41, 5.74) is 7.83. The lowest BCUT2D eigenvalue weighted by atomic mass is 9.85. The normalized spacial score (nSPS) is 17.5. The van der Waals surface area contributed by atoms with Crippen LogP contribution in [0, 0.1) is 5.92 Å². The lowest BCUT2D eigenvalue weighted by Crippen LogP contribution is -2.48. The number of rotatable bonds is 6. The van der Waals surface area contributed by atoms with E-state index >= 15 is 0 Å². The number of benzene rings is 1. The molecule has 9 heteroatoms. The van der Waals surface area contributed by atoms with Crippen molar-refractivity contribution in [3.8, 4) is 0 Å². The predicted octanol–water partition coefficient (Wildman–Crippen LogP) is 3.07. The van der Waals surface area contributed by atoms with E-state index in [1.54, 1.807) is 11.8 Å². The molecule has 2 amide bonds. The van der Waals surface area contributed by atoms with Crippen LogP contribution in [0.5, 0.6) is 0 Å². The minimum atomic E-state index is -0.253. The summed E-state index contributed by atoms with van der Waals surface area (Å²) in [6.45, 7) is 3.93. The molecule has 0 spiro atoms. The Morgan fingerprint density at radius 2 is 1.97 bits per heavy atom. The fourth-order valence-corrected chi connectivity index (χ4v) is 3.51. The van der Waals surface area contributed by atoms with Crippen molar-refractivity contribution in [1.82, 2.24) is 10.2 Å². The number of likely N-dealkylation sites (tertiary alicyclic amines) is 1. The number of nitrogens with two attached hydrogens (primary N) is 1. The summed E-state index contributed by atoms with van der Waals surface area (Å²) >= 11 is 0. The monoisotopic (exact) mass is 529 g/mol. The minimum Gasteiger partial charge on any atom is -0.450 e. The van der Waals surface area contributed by atoms with Gasteiger partial charge in [-0.1, -0.05) is 18.6 Å². The molecule has 1 saturated heterocycles. The first kappa shape index (κ1) is 24.2. The number of hydrogen-bond donors (Lipinski definition) is 3. The zero-order chi connectivity index (χ0) is 20.6. The van der Waals surface area contributed by atoms with E-state index in [1.165, 1.54) is 0 Å². The van der Waals surface area contributed by atoms with Gasteiger partial charge in [-0.25, -0.2) is 9.79 Å². The Balaban J connectivity index is 0.00000320. The van der Waals surface area contributed by atoms with E-state index in [4.69, 9.17) is 10.5 Å². The largest absolute Gasteiger partial charge is 0.450 e. The highest BCUT2D eigenvalue weighted by atomic mass is 127. The second-order valence-electron chi connectivity index (χ2n) is 7.62. The first-order valence-electron chi connectivity index (χ1n) is 10.4. The molecule has 1 aromatic rings. The lowest BCUT2D eigenvalue weighted by Gasteiger charge is -2.31. The molecular formula is C21H32IN5O3. The first-order valence-corrected chi connectivity index (χ1v) is 10.4. The molecule has 0 bridgehead atoms. The number of aliphatic imine (C=N–C) groups is 1. The van der Waals surface area contributed by atoms with Gasteiger partial charge in [0.15, 0.2) is 5.96 Å². The summed E-state index contributed by atoms with van der Waals surface area (Å²) in [5.74, 6) is 0.655. The average molecular weight is 529 g/mol. The van der Waals surface area contributed by atoms with Crippen LogP contribution in [0.3, 0.4) is 0 Å². The quantitative estimate of drug-likeness (QED) is 0.298. The van der Waals surface area contributed by atoms with E-state index in [-0.39, 0.29) is 47.9 Å². The zero-order valence-corrected chi connectivity index (χ0v) is 19.8. The number of piperidine rings is 1. The van der Waals surface area contributed by atoms with Crippen molar-refractivity contribution >= 4 is 47.6 Å². The van der Waals surface area contributed by atoms with Crippen LogP contribution in [0.15, 0.2) is 29.3 Å². The van der Waals surface area contributed by atoms with Crippen molar-refractivity contribution in [2.75, 3.05) is 25.0 Å². The Labute approximate surface area is 195 Å². The molecule has 8 nitrogen and oxygen atoms in total. The molecular weight excluding hydrogens is 497 g/mol. The van der Waals surface area contributed by atoms with Crippen LogP contribution >= 0.6 is 24.0 Å². The smallest absolute Gasteiger partial charge is 0.409 e. The zero-order valence-electron chi connectivity index (χ0n) is 17.4.